The molecule has 1 aliphatic heterocycles. The van der Waals surface area contributed by atoms with Crippen molar-refractivity contribution in [2.24, 2.45) is 0 Å². The Hall–Kier alpha value is -1.81. The van der Waals surface area contributed by atoms with Crippen LogP contribution < -0.4 is 10.1 Å². The summed E-state index contributed by atoms with van der Waals surface area (Å²) in [6.07, 6.45) is 0.788. The van der Waals surface area contributed by atoms with Crippen LogP contribution in [-0.4, -0.2) is 12.5 Å². The maximum absolute atomic E-state index is 12.3. The van der Waals surface area contributed by atoms with Gasteiger partial charge in [-0.3, -0.25) is 4.79 Å². The van der Waals surface area contributed by atoms with Gasteiger partial charge in [0.05, 0.1) is 12.6 Å². The summed E-state index contributed by atoms with van der Waals surface area (Å²) in [4.78, 5) is 12.3. The number of hydrogen-bond acceptors (Lipinski definition) is 2. The summed E-state index contributed by atoms with van der Waals surface area (Å²) < 4.78 is 6.50. The summed E-state index contributed by atoms with van der Waals surface area (Å²) in [6.45, 7) is 0.625. The van der Waals surface area contributed by atoms with Gasteiger partial charge in [0.2, 0.25) is 0 Å². The number of ether oxygens (including phenoxy) is 1. The summed E-state index contributed by atoms with van der Waals surface area (Å²) in [5.41, 5.74) is 1.70. The van der Waals surface area contributed by atoms with Crippen molar-refractivity contribution < 1.29 is 9.53 Å². The van der Waals surface area contributed by atoms with Crippen molar-refractivity contribution in [2.75, 3.05) is 6.61 Å². The average molecular weight is 332 g/mol. The van der Waals surface area contributed by atoms with Gasteiger partial charge in [0, 0.05) is 22.0 Å². The number of amides is 1. The van der Waals surface area contributed by atoms with Gasteiger partial charge in [0.1, 0.15) is 5.75 Å². The van der Waals surface area contributed by atoms with E-state index in [1.807, 2.05) is 48.5 Å². The highest BCUT2D eigenvalue weighted by atomic mass is 79.9. The highest BCUT2D eigenvalue weighted by Gasteiger charge is 2.22. The molecule has 0 aromatic heterocycles. The highest BCUT2D eigenvalue weighted by molar-refractivity contribution is 9.10. The lowest BCUT2D eigenvalue weighted by Crippen LogP contribution is -2.32. The molecule has 1 heterocycles. The van der Waals surface area contributed by atoms with Crippen molar-refractivity contribution in [1.82, 2.24) is 5.32 Å². The molecular formula is C16H14BrNO2. The first-order valence-electron chi connectivity index (χ1n) is 6.52. The second kappa shape index (κ2) is 5.67. The molecular weight excluding hydrogens is 318 g/mol. The minimum atomic E-state index is -0.0620. The van der Waals surface area contributed by atoms with Gasteiger partial charge in [-0.2, -0.15) is 0 Å². The van der Waals surface area contributed by atoms with Crippen LogP contribution in [-0.2, 0) is 0 Å². The van der Waals surface area contributed by atoms with Gasteiger partial charge < -0.3 is 10.1 Å². The molecule has 20 heavy (non-hydrogen) atoms. The van der Waals surface area contributed by atoms with Gasteiger partial charge in [-0.05, 0) is 24.3 Å². The zero-order chi connectivity index (χ0) is 13.9. The molecule has 0 saturated carbocycles. The normalized spacial score (nSPS) is 16.9. The van der Waals surface area contributed by atoms with Crippen molar-refractivity contribution in [3.05, 3.63) is 64.1 Å². The van der Waals surface area contributed by atoms with Crippen LogP contribution in [0.5, 0.6) is 5.75 Å². The first-order chi connectivity index (χ1) is 9.74. The summed E-state index contributed by atoms with van der Waals surface area (Å²) >= 11 is 3.38. The number of carbonyl (C=O) groups is 1. The quantitative estimate of drug-likeness (QED) is 0.911. The largest absolute Gasteiger partial charge is 0.493 e. The van der Waals surface area contributed by atoms with Gasteiger partial charge in [0.25, 0.3) is 5.91 Å². The van der Waals surface area contributed by atoms with E-state index in [-0.39, 0.29) is 11.9 Å². The standard InChI is InChI=1S/C16H14BrNO2/c17-12-5-3-4-11(10-12)16(19)18-14-8-9-20-15-7-2-1-6-13(14)15/h1-7,10,14H,8-9H2,(H,18,19)/t14-/m1/s1. The Morgan fingerprint density at radius 1 is 1.20 bits per heavy atom. The highest BCUT2D eigenvalue weighted by Crippen LogP contribution is 2.31. The first kappa shape index (κ1) is 13.2. The number of para-hydroxylation sites is 1. The number of fused-ring (bicyclic) bond motifs is 1. The van der Waals surface area contributed by atoms with E-state index in [4.69, 9.17) is 4.74 Å². The summed E-state index contributed by atoms with van der Waals surface area (Å²) in [5, 5.41) is 3.08. The number of rotatable bonds is 2. The molecule has 0 spiro atoms. The fourth-order valence-corrected chi connectivity index (χ4v) is 2.76. The van der Waals surface area contributed by atoms with Gasteiger partial charge in [-0.25, -0.2) is 0 Å². The van der Waals surface area contributed by atoms with Crippen LogP contribution in [0.1, 0.15) is 28.4 Å². The molecule has 3 rings (SSSR count). The van der Waals surface area contributed by atoms with E-state index in [9.17, 15) is 4.79 Å². The van der Waals surface area contributed by atoms with Crippen LogP contribution in [0.15, 0.2) is 53.0 Å². The summed E-state index contributed by atoms with van der Waals surface area (Å²) in [5.74, 6) is 0.797. The van der Waals surface area contributed by atoms with E-state index in [1.54, 1.807) is 0 Å². The molecule has 4 heteroatoms. The van der Waals surface area contributed by atoms with Crippen molar-refractivity contribution in [1.29, 1.82) is 0 Å². The van der Waals surface area contributed by atoms with Crippen molar-refractivity contribution in [2.45, 2.75) is 12.5 Å². The second-order valence-electron chi connectivity index (χ2n) is 4.71. The molecule has 1 N–H and O–H groups in total. The fourth-order valence-electron chi connectivity index (χ4n) is 2.36. The van der Waals surface area contributed by atoms with Crippen molar-refractivity contribution >= 4 is 21.8 Å². The van der Waals surface area contributed by atoms with Crippen LogP contribution in [0.25, 0.3) is 0 Å². The molecule has 0 radical (unpaired) electrons. The maximum atomic E-state index is 12.3. The third kappa shape index (κ3) is 2.70. The van der Waals surface area contributed by atoms with E-state index in [0.29, 0.717) is 12.2 Å². The Bertz CT molecular complexity index is 642. The molecule has 1 amide bonds. The fraction of sp³-hybridized carbons (Fsp3) is 0.188. The maximum Gasteiger partial charge on any atom is 0.251 e. The Balaban J connectivity index is 1.81. The van der Waals surface area contributed by atoms with E-state index >= 15 is 0 Å². The van der Waals surface area contributed by atoms with Crippen LogP contribution >= 0.6 is 15.9 Å². The second-order valence-corrected chi connectivity index (χ2v) is 5.63. The monoisotopic (exact) mass is 331 g/mol. The molecule has 1 atom stereocenters. The smallest absolute Gasteiger partial charge is 0.251 e. The third-order valence-electron chi connectivity index (χ3n) is 3.35. The molecule has 0 unspecified atom stereocenters. The van der Waals surface area contributed by atoms with E-state index in [0.717, 1.165) is 22.2 Å². The average Bonchev–Trinajstić information content (AvgIpc) is 2.47. The predicted octanol–water partition coefficient (Wildman–Crippen LogP) is 3.70. The number of halogens is 1. The van der Waals surface area contributed by atoms with E-state index < -0.39 is 0 Å². The number of nitrogens with one attached hydrogen (secondary N) is 1. The SMILES string of the molecule is O=C(N[C@@H]1CCOc2ccccc21)c1cccc(Br)c1. The van der Waals surface area contributed by atoms with Gasteiger partial charge in [-0.1, -0.05) is 40.2 Å². The Morgan fingerprint density at radius 2 is 2.05 bits per heavy atom. The van der Waals surface area contributed by atoms with Crippen LogP contribution in [0, 0.1) is 0 Å². The van der Waals surface area contributed by atoms with E-state index in [1.165, 1.54) is 0 Å². The van der Waals surface area contributed by atoms with Gasteiger partial charge >= 0.3 is 0 Å². The van der Waals surface area contributed by atoms with Crippen molar-refractivity contribution in [3.8, 4) is 5.75 Å². The topological polar surface area (TPSA) is 38.3 Å². The number of carbonyl (C=O) groups excluding carboxylic acids is 1. The summed E-state index contributed by atoms with van der Waals surface area (Å²) in [7, 11) is 0. The lowest BCUT2D eigenvalue weighted by Gasteiger charge is -2.26. The molecule has 0 aliphatic carbocycles. The zero-order valence-corrected chi connectivity index (χ0v) is 12.4. The lowest BCUT2D eigenvalue weighted by molar-refractivity contribution is 0.0924. The molecule has 1 aliphatic rings. The molecule has 102 valence electrons. The van der Waals surface area contributed by atoms with Crippen LogP contribution in [0.2, 0.25) is 0 Å². The Morgan fingerprint density at radius 3 is 2.90 bits per heavy atom. The molecule has 0 bridgehead atoms. The molecule has 0 fully saturated rings. The third-order valence-corrected chi connectivity index (χ3v) is 3.84. The molecule has 2 aromatic carbocycles. The molecule has 0 saturated heterocycles. The van der Waals surface area contributed by atoms with Crippen molar-refractivity contribution in [3.63, 3.8) is 0 Å². The van der Waals surface area contributed by atoms with Crippen LogP contribution in [0.4, 0.5) is 0 Å². The Kier molecular flexibility index (Phi) is 3.74. The van der Waals surface area contributed by atoms with E-state index in [2.05, 4.69) is 21.2 Å². The first-order valence-corrected chi connectivity index (χ1v) is 7.31. The minimum Gasteiger partial charge on any atom is -0.493 e. The molecule has 3 nitrogen and oxygen atoms in total. The Labute approximate surface area is 126 Å². The minimum absolute atomic E-state index is 0.00596. The van der Waals surface area contributed by atoms with Crippen LogP contribution in [0.3, 0.4) is 0 Å². The van der Waals surface area contributed by atoms with Gasteiger partial charge in [-0.15, -0.1) is 0 Å². The zero-order valence-electron chi connectivity index (χ0n) is 10.8. The summed E-state index contributed by atoms with van der Waals surface area (Å²) in [6, 6.07) is 15.2. The van der Waals surface area contributed by atoms with Gasteiger partial charge in [0.15, 0.2) is 0 Å². The predicted molar refractivity (Wildman–Crippen MR) is 80.9 cm³/mol. The molecule has 2 aromatic rings. The lowest BCUT2D eigenvalue weighted by atomic mass is 10.00. The number of benzene rings is 2. The number of hydrogen-bond donors (Lipinski definition) is 1.